The Bertz CT molecular complexity index is 726. The summed E-state index contributed by atoms with van der Waals surface area (Å²) in [7, 11) is 0. The second kappa shape index (κ2) is 7.36. The summed E-state index contributed by atoms with van der Waals surface area (Å²) in [6.45, 7) is 3.17. The lowest BCUT2D eigenvalue weighted by molar-refractivity contribution is -0.143. The molecule has 0 radical (unpaired) electrons. The minimum atomic E-state index is -4.98. The predicted molar refractivity (Wildman–Crippen MR) is 83.1 cm³/mol. The Kier molecular flexibility index (Phi) is 5.60. The molecule has 1 atom stereocenters. The molecule has 0 amide bonds. The van der Waals surface area contributed by atoms with E-state index in [4.69, 9.17) is 0 Å². The smallest absolute Gasteiger partial charge is 0.370 e. The molecule has 1 N–H and O–H groups in total. The third kappa shape index (κ3) is 4.75. The first-order valence-electron chi connectivity index (χ1n) is 7.28. The molecule has 2 rings (SSSR count). The number of halogens is 6. The highest BCUT2D eigenvalue weighted by Crippen LogP contribution is 2.39. The molecule has 0 aliphatic heterocycles. The van der Waals surface area contributed by atoms with Crippen molar-refractivity contribution in [1.29, 1.82) is 0 Å². The molecule has 0 fully saturated rings. The fourth-order valence-corrected chi connectivity index (χ4v) is 2.26. The average molecular weight is 376 g/mol. The third-order valence-corrected chi connectivity index (χ3v) is 3.51. The van der Waals surface area contributed by atoms with Crippen LogP contribution in [0.3, 0.4) is 0 Å². The quantitative estimate of drug-likeness (QED) is 0.470. The van der Waals surface area contributed by atoms with Crippen molar-refractivity contribution >= 4 is 5.69 Å². The molecule has 2 aromatic rings. The van der Waals surface area contributed by atoms with Crippen molar-refractivity contribution in [3.8, 4) is 0 Å². The highest BCUT2D eigenvalue weighted by molar-refractivity contribution is 5.54. The summed E-state index contributed by atoms with van der Waals surface area (Å²) in [6, 6.07) is 4.28. The molecule has 140 valence electrons. The molecule has 0 saturated heterocycles. The van der Waals surface area contributed by atoms with Crippen molar-refractivity contribution in [3.05, 3.63) is 72.1 Å². The number of anilines is 1. The standard InChI is InChI=1S/C17H14F6N2O/c1-2-15(26)25(10-11-4-3-5-24-9-11)14-7-12(16(18,19)20)6-13(8-14)17(21,22)23/h2-9,15,26H,1,10H2. The maximum atomic E-state index is 13.0. The van der Waals surface area contributed by atoms with E-state index in [0.717, 1.165) is 11.0 Å². The summed E-state index contributed by atoms with van der Waals surface area (Å²) in [5.41, 5.74) is -2.88. The third-order valence-electron chi connectivity index (χ3n) is 3.51. The minimum absolute atomic E-state index is 0.0338. The summed E-state index contributed by atoms with van der Waals surface area (Å²) >= 11 is 0. The minimum Gasteiger partial charge on any atom is -0.370 e. The average Bonchev–Trinajstić information content (AvgIpc) is 2.58. The number of alkyl halides is 6. The van der Waals surface area contributed by atoms with E-state index < -0.39 is 35.4 Å². The van der Waals surface area contributed by atoms with Crippen LogP contribution >= 0.6 is 0 Å². The van der Waals surface area contributed by atoms with Gasteiger partial charge in [-0.05, 0) is 35.9 Å². The van der Waals surface area contributed by atoms with Crippen molar-refractivity contribution in [2.24, 2.45) is 0 Å². The van der Waals surface area contributed by atoms with E-state index in [1.165, 1.54) is 12.4 Å². The van der Waals surface area contributed by atoms with E-state index in [1.54, 1.807) is 12.1 Å². The van der Waals surface area contributed by atoms with E-state index in [-0.39, 0.29) is 12.6 Å². The van der Waals surface area contributed by atoms with E-state index in [0.29, 0.717) is 17.7 Å². The molecule has 0 spiro atoms. The van der Waals surface area contributed by atoms with Gasteiger partial charge in [-0.3, -0.25) is 4.98 Å². The van der Waals surface area contributed by atoms with Gasteiger partial charge in [0.25, 0.3) is 0 Å². The second-order valence-electron chi connectivity index (χ2n) is 5.40. The molecule has 0 saturated carbocycles. The van der Waals surface area contributed by atoms with Crippen LogP contribution in [-0.2, 0) is 18.9 Å². The lowest BCUT2D eigenvalue weighted by Crippen LogP contribution is -2.33. The van der Waals surface area contributed by atoms with Gasteiger partial charge in [-0.25, -0.2) is 0 Å². The molecule has 1 unspecified atom stereocenters. The lowest BCUT2D eigenvalue weighted by atomic mass is 10.1. The summed E-state index contributed by atoms with van der Waals surface area (Å²) in [5, 5.41) is 10.0. The number of aliphatic hydroxyl groups is 1. The largest absolute Gasteiger partial charge is 0.416 e. The second-order valence-corrected chi connectivity index (χ2v) is 5.40. The number of nitrogens with zero attached hydrogens (tertiary/aromatic N) is 2. The van der Waals surface area contributed by atoms with Gasteiger partial charge in [0.15, 0.2) is 0 Å². The number of benzene rings is 1. The van der Waals surface area contributed by atoms with E-state index in [2.05, 4.69) is 11.6 Å². The van der Waals surface area contributed by atoms with Crippen LogP contribution in [0.1, 0.15) is 16.7 Å². The molecule has 1 aromatic carbocycles. The molecule has 3 nitrogen and oxygen atoms in total. The van der Waals surface area contributed by atoms with Gasteiger partial charge in [0.2, 0.25) is 0 Å². The highest BCUT2D eigenvalue weighted by atomic mass is 19.4. The molecular formula is C17H14F6N2O. The Morgan fingerprint density at radius 3 is 2.08 bits per heavy atom. The summed E-state index contributed by atoms with van der Waals surface area (Å²) < 4.78 is 78.2. The van der Waals surface area contributed by atoms with Crippen LogP contribution in [0.15, 0.2) is 55.4 Å². The Hall–Kier alpha value is -2.55. The first-order valence-corrected chi connectivity index (χ1v) is 7.28. The molecular weight excluding hydrogens is 362 g/mol. The lowest BCUT2D eigenvalue weighted by Gasteiger charge is -2.29. The Morgan fingerprint density at radius 1 is 1.08 bits per heavy atom. The Balaban J connectivity index is 2.57. The molecule has 1 heterocycles. The van der Waals surface area contributed by atoms with Gasteiger partial charge in [-0.2, -0.15) is 26.3 Å². The predicted octanol–water partition coefficient (Wildman–Crippen LogP) is 4.63. The zero-order valence-corrected chi connectivity index (χ0v) is 13.2. The van der Waals surface area contributed by atoms with Gasteiger partial charge in [0.1, 0.15) is 6.23 Å². The maximum absolute atomic E-state index is 13.0. The first kappa shape index (κ1) is 19.8. The summed E-state index contributed by atoms with van der Waals surface area (Å²) in [4.78, 5) is 4.80. The molecule has 1 aromatic heterocycles. The van der Waals surface area contributed by atoms with Crippen LogP contribution in [0, 0.1) is 0 Å². The fourth-order valence-electron chi connectivity index (χ4n) is 2.26. The van der Waals surface area contributed by atoms with Crippen LogP contribution in [0.5, 0.6) is 0 Å². The van der Waals surface area contributed by atoms with Gasteiger partial charge < -0.3 is 10.0 Å². The van der Waals surface area contributed by atoms with Crippen LogP contribution < -0.4 is 4.90 Å². The number of aromatic nitrogens is 1. The zero-order chi connectivity index (χ0) is 19.5. The number of pyridine rings is 1. The highest BCUT2D eigenvalue weighted by Gasteiger charge is 2.37. The molecule has 0 aliphatic carbocycles. The zero-order valence-electron chi connectivity index (χ0n) is 13.2. The van der Waals surface area contributed by atoms with E-state index in [1.807, 2.05) is 0 Å². The monoisotopic (exact) mass is 376 g/mol. The van der Waals surface area contributed by atoms with Gasteiger partial charge in [0.05, 0.1) is 11.1 Å². The Morgan fingerprint density at radius 2 is 1.65 bits per heavy atom. The van der Waals surface area contributed by atoms with Crippen LogP contribution in [0.25, 0.3) is 0 Å². The number of rotatable bonds is 5. The number of hydrogen-bond acceptors (Lipinski definition) is 3. The fraction of sp³-hybridized carbons (Fsp3) is 0.235. The number of aliphatic hydroxyl groups excluding tert-OH is 1. The molecule has 0 bridgehead atoms. The SMILES string of the molecule is C=CC(O)N(Cc1cccnc1)c1cc(C(F)(F)F)cc(C(F)(F)F)c1. The molecule has 9 heteroatoms. The van der Waals surface area contributed by atoms with Crippen LogP contribution in [-0.4, -0.2) is 16.3 Å². The molecule has 0 aliphatic rings. The van der Waals surface area contributed by atoms with Crippen molar-refractivity contribution in [2.75, 3.05) is 4.90 Å². The first-order chi connectivity index (χ1) is 12.0. The summed E-state index contributed by atoms with van der Waals surface area (Å²) in [6.07, 6.45) is -7.60. The van der Waals surface area contributed by atoms with Crippen molar-refractivity contribution in [3.63, 3.8) is 0 Å². The molecule has 26 heavy (non-hydrogen) atoms. The van der Waals surface area contributed by atoms with Gasteiger partial charge >= 0.3 is 12.4 Å². The van der Waals surface area contributed by atoms with Crippen molar-refractivity contribution in [2.45, 2.75) is 25.1 Å². The van der Waals surface area contributed by atoms with Crippen LogP contribution in [0.2, 0.25) is 0 Å². The normalized spacial score (nSPS) is 13.3. The van der Waals surface area contributed by atoms with Crippen molar-refractivity contribution < 1.29 is 31.4 Å². The Labute approximate surface area is 145 Å². The van der Waals surface area contributed by atoms with Gasteiger partial charge in [-0.1, -0.05) is 12.6 Å². The van der Waals surface area contributed by atoms with Crippen LogP contribution in [0.4, 0.5) is 32.0 Å². The van der Waals surface area contributed by atoms with E-state index >= 15 is 0 Å². The maximum Gasteiger partial charge on any atom is 0.416 e. The van der Waals surface area contributed by atoms with Crippen molar-refractivity contribution in [1.82, 2.24) is 4.98 Å². The number of hydrogen-bond donors (Lipinski definition) is 1. The van der Waals surface area contributed by atoms with E-state index in [9.17, 15) is 31.4 Å². The summed E-state index contributed by atoms with van der Waals surface area (Å²) in [5.74, 6) is 0. The van der Waals surface area contributed by atoms with Gasteiger partial charge in [-0.15, -0.1) is 0 Å². The topological polar surface area (TPSA) is 36.4 Å². The van der Waals surface area contributed by atoms with Gasteiger partial charge in [0, 0.05) is 24.6 Å².